The summed E-state index contributed by atoms with van der Waals surface area (Å²) in [6.45, 7) is 8.16. The normalized spacial score (nSPS) is 22.8. The van der Waals surface area contributed by atoms with Crippen LogP contribution in [0.1, 0.15) is 27.7 Å². The summed E-state index contributed by atoms with van der Waals surface area (Å²) in [4.78, 5) is 0. The zero-order valence-electron chi connectivity index (χ0n) is 10.2. The van der Waals surface area contributed by atoms with Crippen molar-refractivity contribution in [2.75, 3.05) is 0 Å². The summed E-state index contributed by atoms with van der Waals surface area (Å²) in [6, 6.07) is 0. The van der Waals surface area contributed by atoms with Crippen LogP contribution < -0.4 is 5.46 Å². The van der Waals surface area contributed by atoms with Crippen LogP contribution in [0.25, 0.3) is 0 Å². The largest absolute Gasteiger partial charge is 0.499 e. The van der Waals surface area contributed by atoms with Crippen LogP contribution in [-0.4, -0.2) is 28.1 Å². The van der Waals surface area contributed by atoms with E-state index in [1.807, 2.05) is 40.9 Å². The van der Waals surface area contributed by atoms with Crippen molar-refractivity contribution in [2.24, 2.45) is 7.05 Å². The van der Waals surface area contributed by atoms with Crippen molar-refractivity contribution < 1.29 is 9.31 Å². The van der Waals surface area contributed by atoms with Gasteiger partial charge in [-0.1, -0.05) is 0 Å². The van der Waals surface area contributed by atoms with E-state index in [1.165, 1.54) is 0 Å². The van der Waals surface area contributed by atoms with Gasteiger partial charge in [-0.3, -0.25) is 4.68 Å². The van der Waals surface area contributed by atoms with Crippen LogP contribution in [0.2, 0.25) is 0 Å². The van der Waals surface area contributed by atoms with Crippen molar-refractivity contribution in [1.29, 1.82) is 0 Å². The molecule has 1 fully saturated rings. The second kappa shape index (κ2) is 3.58. The molecule has 16 heavy (non-hydrogen) atoms. The fraction of sp³-hybridized carbons (Fsp3) is 0.700. The molecule has 1 aliphatic heterocycles. The van der Waals surface area contributed by atoms with Crippen LogP contribution in [-0.2, 0) is 16.4 Å². The first kappa shape index (κ1) is 12.1. The summed E-state index contributed by atoms with van der Waals surface area (Å²) >= 11 is 3.41. The Hall–Kier alpha value is -0.325. The monoisotopic (exact) mass is 286 g/mol. The number of aryl methyl sites for hydroxylation is 1. The first-order valence-corrected chi connectivity index (χ1v) is 6.07. The van der Waals surface area contributed by atoms with E-state index in [0.717, 1.165) is 10.1 Å². The summed E-state index contributed by atoms with van der Waals surface area (Å²) in [6.07, 6.45) is 1.91. The third-order valence-corrected chi connectivity index (χ3v) is 3.93. The molecule has 0 N–H and O–H groups in total. The van der Waals surface area contributed by atoms with Gasteiger partial charge in [-0.15, -0.1) is 0 Å². The summed E-state index contributed by atoms with van der Waals surface area (Å²) in [5.74, 6) is 0. The van der Waals surface area contributed by atoms with Crippen LogP contribution in [0, 0.1) is 0 Å². The predicted octanol–water partition coefficient (Wildman–Crippen LogP) is 1.48. The number of aromatic nitrogens is 2. The summed E-state index contributed by atoms with van der Waals surface area (Å²) < 4.78 is 14.4. The lowest BCUT2D eigenvalue weighted by molar-refractivity contribution is 0.00578. The highest BCUT2D eigenvalue weighted by Gasteiger charge is 2.52. The van der Waals surface area contributed by atoms with E-state index < -0.39 is 0 Å². The average molecular weight is 287 g/mol. The molecule has 2 heterocycles. The Kier molecular flexibility index (Phi) is 2.72. The van der Waals surface area contributed by atoms with Crippen molar-refractivity contribution in [1.82, 2.24) is 9.78 Å². The molecule has 6 heteroatoms. The van der Waals surface area contributed by atoms with E-state index in [1.54, 1.807) is 4.68 Å². The Morgan fingerprint density at radius 1 is 1.25 bits per heavy atom. The van der Waals surface area contributed by atoms with Crippen molar-refractivity contribution in [3.63, 3.8) is 0 Å². The van der Waals surface area contributed by atoms with E-state index >= 15 is 0 Å². The number of nitrogens with zero attached hydrogens (tertiary/aromatic N) is 2. The van der Waals surface area contributed by atoms with Crippen LogP contribution in [0.5, 0.6) is 0 Å². The van der Waals surface area contributed by atoms with Gasteiger partial charge >= 0.3 is 7.12 Å². The molecule has 1 aromatic heterocycles. The van der Waals surface area contributed by atoms with Crippen LogP contribution in [0.15, 0.2) is 10.8 Å². The first-order valence-electron chi connectivity index (χ1n) is 5.28. The third-order valence-electron chi connectivity index (χ3n) is 3.32. The van der Waals surface area contributed by atoms with Gasteiger partial charge in [0.05, 0.1) is 11.2 Å². The number of rotatable bonds is 1. The van der Waals surface area contributed by atoms with E-state index in [0.29, 0.717) is 0 Å². The second-order valence-electron chi connectivity index (χ2n) is 5.14. The molecule has 2 rings (SSSR count). The maximum atomic E-state index is 5.94. The van der Waals surface area contributed by atoms with Gasteiger partial charge in [0.2, 0.25) is 0 Å². The standard InChI is InChI=1S/C10H16BBrN2O2/c1-9(2)10(3,4)16-11(15-9)7-6-14(5)13-8(7)12/h6H,1-5H3. The van der Waals surface area contributed by atoms with Gasteiger partial charge in [-0.25, -0.2) is 0 Å². The zero-order valence-corrected chi connectivity index (χ0v) is 11.8. The van der Waals surface area contributed by atoms with Gasteiger partial charge in [0.1, 0.15) is 4.60 Å². The van der Waals surface area contributed by atoms with Gasteiger partial charge in [-0.05, 0) is 43.6 Å². The molecule has 0 amide bonds. The molecule has 1 aliphatic rings. The number of hydrogen-bond acceptors (Lipinski definition) is 3. The fourth-order valence-corrected chi connectivity index (χ4v) is 2.15. The lowest BCUT2D eigenvalue weighted by Gasteiger charge is -2.32. The number of hydrogen-bond donors (Lipinski definition) is 0. The minimum atomic E-state index is -0.354. The molecule has 88 valence electrons. The van der Waals surface area contributed by atoms with Gasteiger partial charge in [0, 0.05) is 18.7 Å². The molecule has 4 nitrogen and oxygen atoms in total. The number of halogens is 1. The third kappa shape index (κ3) is 1.83. The van der Waals surface area contributed by atoms with E-state index in [9.17, 15) is 0 Å². The highest BCUT2D eigenvalue weighted by molar-refractivity contribution is 9.10. The topological polar surface area (TPSA) is 36.3 Å². The lowest BCUT2D eigenvalue weighted by atomic mass is 9.82. The molecule has 0 unspecified atom stereocenters. The second-order valence-corrected chi connectivity index (χ2v) is 5.89. The molecule has 0 atom stereocenters. The van der Waals surface area contributed by atoms with Crippen LogP contribution in [0.3, 0.4) is 0 Å². The quantitative estimate of drug-likeness (QED) is 0.734. The van der Waals surface area contributed by atoms with Crippen molar-refractivity contribution >= 4 is 28.5 Å². The smallest absolute Gasteiger partial charge is 0.399 e. The summed E-state index contributed by atoms with van der Waals surface area (Å²) in [7, 11) is 1.52. The Bertz CT molecular complexity index is 401. The molecule has 0 radical (unpaired) electrons. The van der Waals surface area contributed by atoms with Gasteiger partial charge in [0.25, 0.3) is 0 Å². The van der Waals surface area contributed by atoms with Crippen molar-refractivity contribution in [2.45, 2.75) is 38.9 Å². The van der Waals surface area contributed by atoms with Gasteiger partial charge in [-0.2, -0.15) is 5.10 Å². The molecule has 1 saturated heterocycles. The maximum absolute atomic E-state index is 5.94. The Balaban J connectivity index is 2.30. The molecule has 0 saturated carbocycles. The molecule has 0 aromatic carbocycles. The predicted molar refractivity (Wildman–Crippen MR) is 66.6 cm³/mol. The van der Waals surface area contributed by atoms with E-state index in [4.69, 9.17) is 9.31 Å². The van der Waals surface area contributed by atoms with Gasteiger partial charge < -0.3 is 9.31 Å². The summed E-state index contributed by atoms with van der Waals surface area (Å²) in [5, 5.41) is 4.22. The molecule has 0 spiro atoms. The Labute approximate surface area is 105 Å². The zero-order chi connectivity index (χ0) is 12.1. The highest BCUT2D eigenvalue weighted by atomic mass is 79.9. The first-order chi connectivity index (χ1) is 7.23. The SMILES string of the molecule is Cn1cc(B2OC(C)(C)C(C)(C)O2)c(Br)n1. The van der Waals surface area contributed by atoms with Crippen LogP contribution in [0.4, 0.5) is 0 Å². The van der Waals surface area contributed by atoms with Crippen molar-refractivity contribution in [3.05, 3.63) is 10.8 Å². The molecule has 1 aromatic rings. The highest BCUT2D eigenvalue weighted by Crippen LogP contribution is 2.36. The Morgan fingerprint density at radius 2 is 1.75 bits per heavy atom. The van der Waals surface area contributed by atoms with Crippen molar-refractivity contribution in [3.8, 4) is 0 Å². The molecule has 0 bridgehead atoms. The molecule has 0 aliphatic carbocycles. The lowest BCUT2D eigenvalue weighted by Crippen LogP contribution is -2.41. The average Bonchev–Trinajstić information content (AvgIpc) is 2.51. The van der Waals surface area contributed by atoms with E-state index in [-0.39, 0.29) is 18.3 Å². The minimum absolute atomic E-state index is 0.313. The minimum Gasteiger partial charge on any atom is -0.399 e. The fourth-order valence-electron chi connectivity index (χ4n) is 1.61. The molecular formula is C10H16BBrN2O2. The van der Waals surface area contributed by atoms with E-state index in [2.05, 4.69) is 21.0 Å². The van der Waals surface area contributed by atoms with Crippen LogP contribution >= 0.6 is 15.9 Å². The summed E-state index contributed by atoms with van der Waals surface area (Å²) in [5.41, 5.74) is 0.307. The van der Waals surface area contributed by atoms with Gasteiger partial charge in [0.15, 0.2) is 0 Å². The Morgan fingerprint density at radius 3 is 2.12 bits per heavy atom. The maximum Gasteiger partial charge on any atom is 0.499 e. The molecular weight excluding hydrogens is 271 g/mol.